The number of benzene rings is 2. The summed E-state index contributed by atoms with van der Waals surface area (Å²) >= 11 is 0. The SMILES string of the molecule is CCOc1ccccc1CNC(=O)C(C)N(c1ccc(F)cc1)S(C)(=O)=O. The summed E-state index contributed by atoms with van der Waals surface area (Å²) in [6.07, 6.45) is 1.00. The lowest BCUT2D eigenvalue weighted by molar-refractivity contribution is -0.122. The van der Waals surface area contributed by atoms with Crippen LogP contribution in [0.3, 0.4) is 0 Å². The van der Waals surface area contributed by atoms with Crippen molar-refractivity contribution in [3.05, 3.63) is 59.9 Å². The number of carbonyl (C=O) groups excluding carboxylic acids is 1. The van der Waals surface area contributed by atoms with E-state index in [2.05, 4.69) is 5.32 Å². The number of rotatable bonds is 8. The lowest BCUT2D eigenvalue weighted by Crippen LogP contribution is -2.47. The summed E-state index contributed by atoms with van der Waals surface area (Å²) in [4.78, 5) is 12.6. The zero-order chi connectivity index (χ0) is 20.0. The fourth-order valence-corrected chi connectivity index (χ4v) is 3.85. The molecule has 2 aromatic carbocycles. The Morgan fingerprint density at radius 2 is 1.81 bits per heavy atom. The van der Waals surface area contributed by atoms with Gasteiger partial charge < -0.3 is 10.1 Å². The summed E-state index contributed by atoms with van der Waals surface area (Å²) in [5, 5.41) is 2.73. The van der Waals surface area contributed by atoms with Gasteiger partial charge in [0.1, 0.15) is 17.6 Å². The Labute approximate surface area is 159 Å². The molecule has 0 heterocycles. The normalized spacial score (nSPS) is 12.3. The van der Waals surface area contributed by atoms with Crippen molar-refractivity contribution in [2.45, 2.75) is 26.4 Å². The molecule has 0 spiro atoms. The standard InChI is InChI=1S/C19H23FN2O4S/c1-4-26-18-8-6-5-7-15(18)13-21-19(23)14(2)22(27(3,24)25)17-11-9-16(20)10-12-17/h5-12,14H,4,13H2,1-3H3,(H,21,23). The van der Waals surface area contributed by atoms with Gasteiger partial charge in [0.15, 0.2) is 0 Å². The van der Waals surface area contributed by atoms with Crippen molar-refractivity contribution in [1.82, 2.24) is 5.32 Å². The van der Waals surface area contributed by atoms with Gasteiger partial charge in [-0.25, -0.2) is 12.8 Å². The van der Waals surface area contributed by atoms with E-state index in [0.717, 1.165) is 28.3 Å². The summed E-state index contributed by atoms with van der Waals surface area (Å²) in [6.45, 7) is 4.03. The molecule has 8 heteroatoms. The van der Waals surface area contributed by atoms with Crippen molar-refractivity contribution in [3.8, 4) is 5.75 Å². The molecule has 2 rings (SSSR count). The van der Waals surface area contributed by atoms with Crippen LogP contribution < -0.4 is 14.4 Å². The zero-order valence-corrected chi connectivity index (χ0v) is 16.3. The Bertz CT molecular complexity index is 885. The van der Waals surface area contributed by atoms with Crippen LogP contribution in [0, 0.1) is 5.82 Å². The molecule has 0 bridgehead atoms. The van der Waals surface area contributed by atoms with E-state index in [1.165, 1.54) is 19.1 Å². The van der Waals surface area contributed by atoms with E-state index in [4.69, 9.17) is 4.74 Å². The molecule has 0 aromatic heterocycles. The first-order valence-corrected chi connectivity index (χ1v) is 10.3. The van der Waals surface area contributed by atoms with Crippen LogP contribution in [0.25, 0.3) is 0 Å². The van der Waals surface area contributed by atoms with Gasteiger partial charge in [0.05, 0.1) is 18.6 Å². The highest BCUT2D eigenvalue weighted by molar-refractivity contribution is 7.92. The highest BCUT2D eigenvalue weighted by Gasteiger charge is 2.29. The lowest BCUT2D eigenvalue weighted by Gasteiger charge is -2.28. The summed E-state index contributed by atoms with van der Waals surface area (Å²) in [5.74, 6) is -0.306. The van der Waals surface area contributed by atoms with E-state index in [1.807, 2.05) is 25.1 Å². The van der Waals surface area contributed by atoms with E-state index in [0.29, 0.717) is 12.4 Å². The molecule has 1 N–H and O–H groups in total. The maximum atomic E-state index is 13.2. The second-order valence-corrected chi connectivity index (χ2v) is 7.83. The molecule has 0 fully saturated rings. The van der Waals surface area contributed by atoms with E-state index < -0.39 is 27.8 Å². The van der Waals surface area contributed by atoms with Crippen LogP contribution in [0.4, 0.5) is 10.1 Å². The molecule has 2 aromatic rings. The molecule has 0 saturated heterocycles. The largest absolute Gasteiger partial charge is 0.494 e. The molecule has 27 heavy (non-hydrogen) atoms. The Balaban J connectivity index is 2.17. The number of hydrogen-bond donors (Lipinski definition) is 1. The number of nitrogens with zero attached hydrogens (tertiary/aromatic N) is 1. The van der Waals surface area contributed by atoms with Gasteiger partial charge in [-0.05, 0) is 44.2 Å². The third-order valence-electron chi connectivity index (χ3n) is 3.90. The topological polar surface area (TPSA) is 75.7 Å². The molecule has 0 aliphatic heterocycles. The Kier molecular flexibility index (Phi) is 6.79. The third kappa shape index (κ3) is 5.43. The molecule has 146 valence electrons. The second kappa shape index (κ2) is 8.85. The predicted octanol–water partition coefficient (Wildman–Crippen LogP) is 2.70. The van der Waals surface area contributed by atoms with Gasteiger partial charge in [0.2, 0.25) is 15.9 Å². The van der Waals surface area contributed by atoms with E-state index in [-0.39, 0.29) is 12.2 Å². The average Bonchev–Trinajstić information content (AvgIpc) is 2.61. The lowest BCUT2D eigenvalue weighted by atomic mass is 10.2. The number of carbonyl (C=O) groups is 1. The van der Waals surface area contributed by atoms with E-state index in [9.17, 15) is 17.6 Å². The van der Waals surface area contributed by atoms with Crippen LogP contribution in [-0.2, 0) is 21.4 Å². The molecule has 1 unspecified atom stereocenters. The van der Waals surface area contributed by atoms with Crippen LogP contribution >= 0.6 is 0 Å². The molecular weight excluding hydrogens is 371 g/mol. The van der Waals surface area contributed by atoms with E-state index in [1.54, 1.807) is 6.07 Å². The average molecular weight is 394 g/mol. The van der Waals surface area contributed by atoms with Crippen LogP contribution in [0.5, 0.6) is 5.75 Å². The molecule has 0 aliphatic carbocycles. The minimum atomic E-state index is -3.75. The van der Waals surface area contributed by atoms with Gasteiger partial charge in [-0.3, -0.25) is 9.10 Å². The van der Waals surface area contributed by atoms with Crippen molar-refractivity contribution in [3.63, 3.8) is 0 Å². The van der Waals surface area contributed by atoms with Crippen molar-refractivity contribution < 1.29 is 22.3 Å². The number of anilines is 1. The maximum absolute atomic E-state index is 13.2. The predicted molar refractivity (Wildman–Crippen MR) is 103 cm³/mol. The van der Waals surface area contributed by atoms with Gasteiger partial charge in [-0.1, -0.05) is 18.2 Å². The number of halogens is 1. The molecule has 1 amide bonds. The number of sulfonamides is 1. The summed E-state index contributed by atoms with van der Waals surface area (Å²) in [6, 6.07) is 11.2. The van der Waals surface area contributed by atoms with Gasteiger partial charge >= 0.3 is 0 Å². The smallest absolute Gasteiger partial charge is 0.243 e. The van der Waals surface area contributed by atoms with Crippen molar-refractivity contribution >= 4 is 21.6 Å². The summed E-state index contributed by atoms with van der Waals surface area (Å²) in [7, 11) is -3.75. The van der Waals surface area contributed by atoms with Crippen LogP contribution in [0.15, 0.2) is 48.5 Å². The monoisotopic (exact) mass is 394 g/mol. The molecule has 1 atom stereocenters. The zero-order valence-electron chi connectivity index (χ0n) is 15.5. The van der Waals surface area contributed by atoms with Gasteiger partial charge in [-0.15, -0.1) is 0 Å². The Morgan fingerprint density at radius 1 is 1.19 bits per heavy atom. The van der Waals surface area contributed by atoms with Crippen LogP contribution in [0.1, 0.15) is 19.4 Å². The van der Waals surface area contributed by atoms with Crippen LogP contribution in [-0.4, -0.2) is 33.2 Å². The second-order valence-electron chi connectivity index (χ2n) is 5.97. The van der Waals surface area contributed by atoms with Gasteiger partial charge in [-0.2, -0.15) is 0 Å². The first-order chi connectivity index (χ1) is 12.7. The highest BCUT2D eigenvalue weighted by atomic mass is 32.2. The Hall–Kier alpha value is -2.61. The summed E-state index contributed by atoms with van der Waals surface area (Å²) < 4.78 is 44.1. The minimum Gasteiger partial charge on any atom is -0.494 e. The fraction of sp³-hybridized carbons (Fsp3) is 0.316. The van der Waals surface area contributed by atoms with Crippen molar-refractivity contribution in [1.29, 1.82) is 0 Å². The maximum Gasteiger partial charge on any atom is 0.243 e. The number of hydrogen-bond acceptors (Lipinski definition) is 4. The van der Waals surface area contributed by atoms with Gasteiger partial charge in [0, 0.05) is 12.1 Å². The molecular formula is C19H23FN2O4S. The summed E-state index contributed by atoms with van der Waals surface area (Å²) in [5.41, 5.74) is 1.00. The van der Waals surface area contributed by atoms with Crippen molar-refractivity contribution in [2.75, 3.05) is 17.2 Å². The number of ether oxygens (including phenoxy) is 1. The third-order valence-corrected chi connectivity index (χ3v) is 5.14. The number of para-hydroxylation sites is 1. The first kappa shape index (κ1) is 20.7. The minimum absolute atomic E-state index is 0.195. The Morgan fingerprint density at radius 3 is 2.41 bits per heavy atom. The van der Waals surface area contributed by atoms with Gasteiger partial charge in [0.25, 0.3) is 0 Å². The number of nitrogens with one attached hydrogen (secondary N) is 1. The number of amides is 1. The molecule has 0 saturated carbocycles. The first-order valence-electron chi connectivity index (χ1n) is 8.47. The van der Waals surface area contributed by atoms with E-state index >= 15 is 0 Å². The molecule has 0 aliphatic rings. The molecule has 0 radical (unpaired) electrons. The quantitative estimate of drug-likeness (QED) is 0.747. The van der Waals surface area contributed by atoms with Crippen molar-refractivity contribution in [2.24, 2.45) is 0 Å². The molecule has 6 nitrogen and oxygen atoms in total. The van der Waals surface area contributed by atoms with Crippen LogP contribution in [0.2, 0.25) is 0 Å². The highest BCUT2D eigenvalue weighted by Crippen LogP contribution is 2.22. The fourth-order valence-electron chi connectivity index (χ4n) is 2.67.